The Balaban J connectivity index is 1.81. The molecule has 1 saturated heterocycles. The second-order valence-electron chi connectivity index (χ2n) is 10.7. The highest BCUT2D eigenvalue weighted by Crippen LogP contribution is 2.40. The Hall–Kier alpha value is -2.75. The van der Waals surface area contributed by atoms with E-state index in [1.165, 1.54) is 4.90 Å². The second kappa shape index (κ2) is 12.4. The van der Waals surface area contributed by atoms with Gasteiger partial charge in [0.25, 0.3) is 0 Å². The van der Waals surface area contributed by atoms with Crippen molar-refractivity contribution in [1.82, 2.24) is 14.5 Å². The predicted molar refractivity (Wildman–Crippen MR) is 149 cm³/mol. The smallest absolute Gasteiger partial charge is 0.412 e. The maximum atomic E-state index is 14.8. The van der Waals surface area contributed by atoms with E-state index in [0.29, 0.717) is 25.4 Å². The molecule has 3 aromatic rings. The largest absolute Gasteiger partial charge is 0.419 e. The average Bonchev–Trinajstić information content (AvgIpc) is 3.53. The van der Waals surface area contributed by atoms with Gasteiger partial charge in [-0.25, -0.2) is 14.2 Å². The molecule has 2 aromatic carbocycles. The lowest BCUT2D eigenvalue weighted by Crippen LogP contribution is -2.47. The summed E-state index contributed by atoms with van der Waals surface area (Å²) in [6, 6.07) is 17.3. The average molecular weight is 588 g/mol. The van der Waals surface area contributed by atoms with E-state index in [4.69, 9.17) is 20.2 Å². The molecule has 1 aromatic heterocycles. The molecule has 0 bridgehead atoms. The molecule has 204 valence electrons. The Morgan fingerprint density at radius 3 is 2.66 bits per heavy atom. The van der Waals surface area contributed by atoms with Gasteiger partial charge < -0.3 is 19.8 Å². The van der Waals surface area contributed by atoms with E-state index in [-0.39, 0.29) is 13.1 Å². The van der Waals surface area contributed by atoms with Crippen molar-refractivity contribution < 1.29 is 18.7 Å². The van der Waals surface area contributed by atoms with Gasteiger partial charge in [0.15, 0.2) is 0 Å². The first kappa shape index (κ1) is 28.3. The number of hydrogen-bond acceptors (Lipinski definition) is 5. The van der Waals surface area contributed by atoms with Crippen molar-refractivity contribution in [3.8, 4) is 11.3 Å². The van der Waals surface area contributed by atoms with Crippen molar-refractivity contribution in [1.29, 1.82) is 0 Å². The van der Waals surface area contributed by atoms with Crippen LogP contribution >= 0.6 is 15.9 Å². The molecular formula is C29H36BrFN4O3. The number of aromatic nitrogens is 2. The summed E-state index contributed by atoms with van der Waals surface area (Å²) in [7, 11) is 0. The highest BCUT2D eigenvalue weighted by Gasteiger charge is 2.41. The molecule has 1 amide bonds. The Bertz CT molecular complexity index is 1210. The molecule has 1 fully saturated rings. The fourth-order valence-corrected chi connectivity index (χ4v) is 5.13. The van der Waals surface area contributed by atoms with Crippen molar-refractivity contribution in [2.75, 3.05) is 19.7 Å². The van der Waals surface area contributed by atoms with Crippen molar-refractivity contribution in [2.45, 2.75) is 58.7 Å². The van der Waals surface area contributed by atoms with Gasteiger partial charge in [-0.3, -0.25) is 4.90 Å². The summed E-state index contributed by atoms with van der Waals surface area (Å²) in [6.45, 7) is 6.69. The summed E-state index contributed by atoms with van der Waals surface area (Å²) in [6.07, 6.45) is 0.730. The van der Waals surface area contributed by atoms with Gasteiger partial charge in [-0.2, -0.15) is 0 Å². The van der Waals surface area contributed by atoms with Crippen LogP contribution in [0.25, 0.3) is 11.3 Å². The fourth-order valence-electron chi connectivity index (χ4n) is 4.73. The monoisotopic (exact) mass is 586 g/mol. The molecule has 2 N–H and O–H groups in total. The van der Waals surface area contributed by atoms with Gasteiger partial charge in [0.1, 0.15) is 12.0 Å². The molecule has 4 rings (SSSR count). The van der Waals surface area contributed by atoms with Crippen LogP contribution in [-0.4, -0.2) is 52.7 Å². The van der Waals surface area contributed by atoms with E-state index in [9.17, 15) is 9.18 Å². The molecule has 0 aliphatic carbocycles. The number of imidazole rings is 1. The lowest BCUT2D eigenvalue weighted by molar-refractivity contribution is -0.0868. The first-order valence-electron chi connectivity index (χ1n) is 13.0. The van der Waals surface area contributed by atoms with Crippen LogP contribution in [0.15, 0.2) is 65.3 Å². The van der Waals surface area contributed by atoms with Gasteiger partial charge in [-0.1, -0.05) is 79.2 Å². The lowest BCUT2D eigenvalue weighted by Gasteiger charge is -2.40. The lowest BCUT2D eigenvalue weighted by atomic mass is 9.84. The van der Waals surface area contributed by atoms with E-state index in [2.05, 4.69) is 15.9 Å². The third-order valence-electron chi connectivity index (χ3n) is 6.51. The summed E-state index contributed by atoms with van der Waals surface area (Å²) in [5, 5.41) is 0. The molecule has 2 heterocycles. The molecule has 9 heteroatoms. The fraction of sp³-hybridized carbons (Fsp3) is 0.448. The molecule has 38 heavy (non-hydrogen) atoms. The highest BCUT2D eigenvalue weighted by atomic mass is 79.9. The number of alkyl halides is 1. The number of hydrogen-bond donors (Lipinski definition) is 1. The molecule has 0 unspecified atom stereocenters. The molecule has 3 atom stereocenters. The van der Waals surface area contributed by atoms with Gasteiger partial charge >= 0.3 is 6.09 Å². The summed E-state index contributed by atoms with van der Waals surface area (Å²) in [5.74, 6) is 0.643. The molecule has 7 nitrogen and oxygen atoms in total. The summed E-state index contributed by atoms with van der Waals surface area (Å²) in [4.78, 5) is 20.1. The van der Waals surface area contributed by atoms with Crippen molar-refractivity contribution in [2.24, 2.45) is 11.1 Å². The van der Waals surface area contributed by atoms with Crippen LogP contribution in [0, 0.1) is 5.41 Å². The minimum absolute atomic E-state index is 0.206. The number of nitrogens with two attached hydrogens (primary N) is 1. The number of benzene rings is 2. The van der Waals surface area contributed by atoms with Crippen molar-refractivity contribution >= 4 is 22.0 Å². The number of nitrogens with zero attached hydrogens (tertiary/aromatic N) is 3. The summed E-state index contributed by atoms with van der Waals surface area (Å²) >= 11 is 3.55. The molecular weight excluding hydrogens is 551 g/mol. The summed E-state index contributed by atoms with van der Waals surface area (Å²) in [5.41, 5.74) is 7.91. The van der Waals surface area contributed by atoms with Crippen LogP contribution in [-0.2, 0) is 16.0 Å². The standard InChI is InChI=1S/C29H36BrFN4O3/c1-29(2,3)26(35(18-23(31)16-32)28(36)38-25-13-8-14-37-25)27-33-24(21-11-7-12-22(30)15-21)19-34(27)17-20-9-5-4-6-10-20/h4-7,9-12,15,19,23,25-26H,8,13-14,16-18,32H2,1-3H3/t23-,25+,26+/m1/s1. The summed E-state index contributed by atoms with van der Waals surface area (Å²) < 4.78 is 29.1. The zero-order valence-electron chi connectivity index (χ0n) is 22.1. The van der Waals surface area contributed by atoms with Crippen LogP contribution in [0.2, 0.25) is 0 Å². The van der Waals surface area contributed by atoms with Crippen LogP contribution in [0.5, 0.6) is 0 Å². The molecule has 1 aliphatic rings. The first-order valence-corrected chi connectivity index (χ1v) is 13.7. The minimum atomic E-state index is -1.42. The molecule has 0 saturated carbocycles. The van der Waals surface area contributed by atoms with Crippen molar-refractivity contribution in [3.05, 3.63) is 76.7 Å². The van der Waals surface area contributed by atoms with E-state index in [0.717, 1.165) is 27.7 Å². The molecule has 0 spiro atoms. The van der Waals surface area contributed by atoms with Gasteiger partial charge in [-0.05, 0) is 29.5 Å². The number of amides is 1. The zero-order chi connectivity index (χ0) is 27.3. The number of carbonyl (C=O) groups excluding carboxylic acids is 1. The second-order valence-corrected chi connectivity index (χ2v) is 11.6. The quantitative estimate of drug-likeness (QED) is 0.317. The topological polar surface area (TPSA) is 82.6 Å². The van der Waals surface area contributed by atoms with Crippen molar-refractivity contribution in [3.63, 3.8) is 0 Å². The van der Waals surface area contributed by atoms with Crippen LogP contribution in [0.4, 0.5) is 9.18 Å². The van der Waals surface area contributed by atoms with Crippen LogP contribution in [0.1, 0.15) is 51.0 Å². The Morgan fingerprint density at radius 1 is 1.26 bits per heavy atom. The van der Waals surface area contributed by atoms with E-state index in [1.54, 1.807) is 0 Å². The van der Waals surface area contributed by atoms with E-state index < -0.39 is 30.0 Å². The van der Waals surface area contributed by atoms with Crippen LogP contribution < -0.4 is 5.73 Å². The third-order valence-corrected chi connectivity index (χ3v) is 7.00. The number of rotatable bonds is 9. The maximum absolute atomic E-state index is 14.8. The number of halogens is 2. The third kappa shape index (κ3) is 7.01. The van der Waals surface area contributed by atoms with Gasteiger partial charge in [0.05, 0.1) is 24.9 Å². The molecule has 0 radical (unpaired) electrons. The van der Waals surface area contributed by atoms with E-state index >= 15 is 0 Å². The van der Waals surface area contributed by atoms with E-state index in [1.807, 2.05) is 86.1 Å². The highest BCUT2D eigenvalue weighted by molar-refractivity contribution is 9.10. The van der Waals surface area contributed by atoms with Gasteiger partial charge in [-0.15, -0.1) is 0 Å². The Morgan fingerprint density at radius 2 is 2.03 bits per heavy atom. The van der Waals surface area contributed by atoms with Crippen LogP contribution in [0.3, 0.4) is 0 Å². The van der Waals surface area contributed by atoms with Gasteiger partial charge in [0.2, 0.25) is 6.29 Å². The zero-order valence-corrected chi connectivity index (χ0v) is 23.7. The minimum Gasteiger partial charge on any atom is -0.419 e. The Kier molecular flexibility index (Phi) is 9.23. The Labute approximate surface area is 232 Å². The normalized spacial score (nSPS) is 17.3. The number of ether oxygens (including phenoxy) is 2. The molecule has 1 aliphatic heterocycles. The van der Waals surface area contributed by atoms with Gasteiger partial charge in [0, 0.05) is 35.7 Å². The first-order chi connectivity index (χ1) is 18.2. The maximum Gasteiger partial charge on any atom is 0.412 e. The SMILES string of the molecule is CC(C)(C)[C@H](c1nc(-c2cccc(Br)c2)cn1Cc1ccccc1)N(C[C@H](F)CN)C(=O)O[C@H]1CCCO1. The predicted octanol–water partition coefficient (Wildman–Crippen LogP) is 6.32. The number of carbonyl (C=O) groups is 1.